The van der Waals surface area contributed by atoms with Gasteiger partial charge in [-0.1, -0.05) is 6.92 Å². The molecule has 1 aromatic heterocycles. The van der Waals surface area contributed by atoms with Crippen LogP contribution in [0.3, 0.4) is 0 Å². The van der Waals surface area contributed by atoms with Crippen molar-refractivity contribution in [2.24, 2.45) is 0 Å². The van der Waals surface area contributed by atoms with Crippen molar-refractivity contribution in [3.8, 4) is 0 Å². The monoisotopic (exact) mass is 288 g/mol. The zero-order valence-electron chi connectivity index (χ0n) is 11.4. The van der Waals surface area contributed by atoms with Gasteiger partial charge < -0.3 is 5.32 Å². The van der Waals surface area contributed by atoms with Crippen molar-refractivity contribution in [1.29, 1.82) is 0 Å². The molecule has 0 radical (unpaired) electrons. The lowest BCUT2D eigenvalue weighted by atomic mass is 10.2. The van der Waals surface area contributed by atoms with Crippen LogP contribution in [0.25, 0.3) is 0 Å². The summed E-state index contributed by atoms with van der Waals surface area (Å²) in [5, 5.41) is 9.20. The minimum atomic E-state index is -3.16. The van der Waals surface area contributed by atoms with Gasteiger partial charge in [-0.15, -0.1) is 0 Å². The molecule has 1 heterocycles. The zero-order valence-corrected chi connectivity index (χ0v) is 12.2. The summed E-state index contributed by atoms with van der Waals surface area (Å²) < 4.78 is 24.1. The van der Waals surface area contributed by atoms with E-state index in [2.05, 4.69) is 15.5 Å². The maximum atomic E-state index is 11.7. The minimum Gasteiger partial charge on any atom is -0.352 e. The van der Waals surface area contributed by atoms with E-state index in [1.165, 1.54) is 16.8 Å². The van der Waals surface area contributed by atoms with Gasteiger partial charge in [0.2, 0.25) is 10.0 Å². The molecule has 1 rings (SSSR count). The van der Waals surface area contributed by atoms with Crippen LogP contribution in [-0.4, -0.2) is 54.7 Å². The van der Waals surface area contributed by atoms with E-state index >= 15 is 0 Å². The number of nitrogens with one attached hydrogen (secondary N) is 2. The van der Waals surface area contributed by atoms with Gasteiger partial charge in [-0.2, -0.15) is 5.10 Å². The lowest BCUT2D eigenvalue weighted by Crippen LogP contribution is -2.33. The van der Waals surface area contributed by atoms with E-state index in [4.69, 9.17) is 0 Å². The van der Waals surface area contributed by atoms with Crippen LogP contribution in [0.15, 0.2) is 6.20 Å². The van der Waals surface area contributed by atoms with Gasteiger partial charge in [0, 0.05) is 25.3 Å². The first-order valence-corrected chi connectivity index (χ1v) is 7.94. The number of hydrogen-bond acceptors (Lipinski definition) is 4. The van der Waals surface area contributed by atoms with Crippen molar-refractivity contribution in [1.82, 2.24) is 19.8 Å². The summed E-state index contributed by atoms with van der Waals surface area (Å²) >= 11 is 0. The molecule has 0 unspecified atom stereocenters. The van der Waals surface area contributed by atoms with Crippen molar-refractivity contribution in [2.75, 3.05) is 25.9 Å². The van der Waals surface area contributed by atoms with Gasteiger partial charge in [-0.3, -0.25) is 9.89 Å². The van der Waals surface area contributed by atoms with E-state index in [9.17, 15) is 13.2 Å². The van der Waals surface area contributed by atoms with Crippen LogP contribution in [-0.2, 0) is 10.0 Å². The van der Waals surface area contributed by atoms with Crippen LogP contribution in [0.2, 0.25) is 0 Å². The molecule has 8 heteroatoms. The van der Waals surface area contributed by atoms with Crippen molar-refractivity contribution >= 4 is 15.9 Å². The molecule has 19 heavy (non-hydrogen) atoms. The van der Waals surface area contributed by atoms with Crippen LogP contribution in [0.5, 0.6) is 0 Å². The normalized spacial score (nSPS) is 11.8. The van der Waals surface area contributed by atoms with Gasteiger partial charge in [0.15, 0.2) is 0 Å². The Kier molecular flexibility index (Phi) is 5.49. The van der Waals surface area contributed by atoms with Crippen molar-refractivity contribution in [3.05, 3.63) is 17.5 Å². The Balaban J connectivity index is 2.36. The van der Waals surface area contributed by atoms with E-state index in [0.29, 0.717) is 37.3 Å². The Morgan fingerprint density at radius 1 is 1.53 bits per heavy atom. The third kappa shape index (κ3) is 4.64. The maximum Gasteiger partial charge on any atom is 0.254 e. The number of rotatable bonds is 7. The highest BCUT2D eigenvalue weighted by atomic mass is 32.2. The highest BCUT2D eigenvalue weighted by Gasteiger charge is 2.14. The summed E-state index contributed by atoms with van der Waals surface area (Å²) in [6.07, 6.45) is 3.23. The van der Waals surface area contributed by atoms with Gasteiger partial charge >= 0.3 is 0 Å². The molecule has 108 valence electrons. The lowest BCUT2D eigenvalue weighted by molar-refractivity contribution is 0.0952. The number of carbonyl (C=O) groups excluding carboxylic acids is 1. The third-order valence-electron chi connectivity index (χ3n) is 2.77. The molecule has 0 aliphatic rings. The zero-order chi connectivity index (χ0) is 14.5. The van der Waals surface area contributed by atoms with Crippen molar-refractivity contribution < 1.29 is 13.2 Å². The van der Waals surface area contributed by atoms with E-state index in [0.717, 1.165) is 0 Å². The van der Waals surface area contributed by atoms with Gasteiger partial charge in [-0.05, 0) is 13.3 Å². The number of H-pyrrole nitrogens is 1. The second-order valence-electron chi connectivity index (χ2n) is 4.27. The molecule has 2 N–H and O–H groups in total. The number of aryl methyl sites for hydroxylation is 1. The van der Waals surface area contributed by atoms with E-state index in [1.54, 1.807) is 13.8 Å². The predicted molar refractivity (Wildman–Crippen MR) is 72.4 cm³/mol. The molecule has 0 aromatic carbocycles. The molecular formula is C11H20N4O3S. The summed E-state index contributed by atoms with van der Waals surface area (Å²) in [5.74, 6) is -0.200. The van der Waals surface area contributed by atoms with Crippen LogP contribution in [0, 0.1) is 6.92 Å². The largest absolute Gasteiger partial charge is 0.352 e. The fourth-order valence-electron chi connectivity index (χ4n) is 1.69. The molecule has 0 fully saturated rings. The Morgan fingerprint density at radius 3 is 2.68 bits per heavy atom. The van der Waals surface area contributed by atoms with Crippen LogP contribution in [0.4, 0.5) is 0 Å². The molecule has 0 aliphatic heterocycles. The van der Waals surface area contributed by atoms with Gasteiger partial charge in [0.1, 0.15) is 0 Å². The van der Waals surface area contributed by atoms with Crippen molar-refractivity contribution in [2.45, 2.75) is 20.3 Å². The van der Waals surface area contributed by atoms with Crippen LogP contribution >= 0.6 is 0 Å². The fraction of sp³-hybridized carbons (Fsp3) is 0.636. The third-order valence-corrected chi connectivity index (χ3v) is 4.14. The van der Waals surface area contributed by atoms with Gasteiger partial charge in [0.05, 0.1) is 18.0 Å². The Bertz CT molecular complexity index is 524. The first-order valence-electron chi connectivity index (χ1n) is 6.09. The molecule has 0 saturated carbocycles. The Hall–Kier alpha value is -1.41. The van der Waals surface area contributed by atoms with Gasteiger partial charge in [-0.25, -0.2) is 12.7 Å². The summed E-state index contributed by atoms with van der Waals surface area (Å²) in [6, 6.07) is 0. The standard InChI is InChI=1S/C11H20N4O3S/c1-4-15(19(3,17)18)7-5-6-12-11(16)10-8-13-14-9(10)2/h8H,4-7H2,1-3H3,(H,12,16)(H,13,14). The smallest absolute Gasteiger partial charge is 0.254 e. The second-order valence-corrected chi connectivity index (χ2v) is 6.26. The summed E-state index contributed by atoms with van der Waals surface area (Å²) in [5.41, 5.74) is 1.22. The maximum absolute atomic E-state index is 11.7. The molecule has 1 amide bonds. The molecule has 0 spiro atoms. The molecule has 0 bridgehead atoms. The quantitative estimate of drug-likeness (QED) is 0.697. The lowest BCUT2D eigenvalue weighted by Gasteiger charge is -2.17. The highest BCUT2D eigenvalue weighted by molar-refractivity contribution is 7.88. The van der Waals surface area contributed by atoms with Crippen molar-refractivity contribution in [3.63, 3.8) is 0 Å². The number of aromatic nitrogens is 2. The summed E-state index contributed by atoms with van der Waals surface area (Å²) in [6.45, 7) is 4.82. The number of hydrogen-bond donors (Lipinski definition) is 2. The minimum absolute atomic E-state index is 0.200. The Morgan fingerprint density at radius 2 is 2.21 bits per heavy atom. The molecule has 0 saturated heterocycles. The first kappa shape index (κ1) is 15.6. The number of carbonyl (C=O) groups is 1. The summed E-state index contributed by atoms with van der Waals surface area (Å²) in [4.78, 5) is 11.7. The molecular weight excluding hydrogens is 268 g/mol. The van der Waals surface area contributed by atoms with E-state index < -0.39 is 10.0 Å². The summed E-state index contributed by atoms with van der Waals surface area (Å²) in [7, 11) is -3.16. The molecule has 7 nitrogen and oxygen atoms in total. The fourth-order valence-corrected chi connectivity index (χ4v) is 2.62. The van der Waals surface area contributed by atoms with E-state index in [1.807, 2.05) is 0 Å². The Labute approximate surface area is 113 Å². The molecule has 1 aromatic rings. The average Bonchev–Trinajstić information content (AvgIpc) is 2.73. The topological polar surface area (TPSA) is 95.2 Å². The van der Waals surface area contributed by atoms with E-state index in [-0.39, 0.29) is 5.91 Å². The van der Waals surface area contributed by atoms with Crippen LogP contribution < -0.4 is 5.32 Å². The molecule has 0 aliphatic carbocycles. The molecule has 0 atom stereocenters. The number of aromatic amines is 1. The number of nitrogens with zero attached hydrogens (tertiary/aromatic N) is 2. The van der Waals surface area contributed by atoms with Crippen LogP contribution in [0.1, 0.15) is 29.4 Å². The highest BCUT2D eigenvalue weighted by Crippen LogP contribution is 2.02. The van der Waals surface area contributed by atoms with Gasteiger partial charge in [0.25, 0.3) is 5.91 Å². The number of sulfonamides is 1. The number of amides is 1. The first-order chi connectivity index (χ1) is 8.86. The SMILES string of the molecule is CCN(CCCNC(=O)c1cn[nH]c1C)S(C)(=O)=O. The second kappa shape index (κ2) is 6.67. The average molecular weight is 288 g/mol. The predicted octanol–water partition coefficient (Wildman–Crippen LogP) is 0.120.